The number of halogens is 2. The number of benzene rings is 2. The maximum atomic E-state index is 12.0. The third kappa shape index (κ3) is 7.10. The number of amides is 1. The Hall–Kier alpha value is -1.40. The van der Waals surface area contributed by atoms with Gasteiger partial charge in [-0.25, -0.2) is 5.43 Å². The molecule has 6 nitrogen and oxygen atoms in total. The first-order chi connectivity index (χ1) is 14.0. The fourth-order valence-electron chi connectivity index (χ4n) is 2.05. The summed E-state index contributed by atoms with van der Waals surface area (Å²) >= 11 is 11.0. The Bertz CT molecular complexity index is 1020. The third-order valence-electron chi connectivity index (χ3n) is 3.37. The molecule has 0 atom stereocenters. The minimum absolute atomic E-state index is 0.0509. The molecule has 0 unspecified atom stereocenters. The molecule has 1 heterocycles. The summed E-state index contributed by atoms with van der Waals surface area (Å²) in [6, 6.07) is 13.6. The topological polar surface area (TPSA) is 87.5 Å². The third-order valence-corrected chi connectivity index (χ3v) is 7.69. The quantitative estimate of drug-likeness (QED) is 0.216. The van der Waals surface area contributed by atoms with Crippen LogP contribution in [-0.2, 0) is 10.5 Å². The molecule has 3 aromatic rings. The highest BCUT2D eigenvalue weighted by Crippen LogP contribution is 2.31. The number of aromatic nitrogens is 2. The normalized spacial score (nSPS) is 11.1. The lowest BCUT2D eigenvalue weighted by atomic mass is 10.2. The van der Waals surface area contributed by atoms with E-state index in [0.717, 1.165) is 18.9 Å². The number of hydrazone groups is 1. The van der Waals surface area contributed by atoms with Gasteiger partial charge in [-0.1, -0.05) is 81.1 Å². The second-order valence-electron chi connectivity index (χ2n) is 5.52. The Morgan fingerprint density at radius 3 is 2.66 bits per heavy atom. The van der Waals surface area contributed by atoms with Crippen molar-refractivity contribution in [2.24, 2.45) is 5.10 Å². The van der Waals surface area contributed by atoms with E-state index in [2.05, 4.69) is 64.7 Å². The van der Waals surface area contributed by atoms with Crippen molar-refractivity contribution in [3.05, 3.63) is 62.5 Å². The van der Waals surface area contributed by atoms with Gasteiger partial charge in [0.1, 0.15) is 5.75 Å². The molecule has 2 N–H and O–H groups in total. The second kappa shape index (κ2) is 11.1. The van der Waals surface area contributed by atoms with Gasteiger partial charge in [-0.05, 0) is 33.6 Å². The first-order valence-corrected chi connectivity index (χ1v) is 12.5. The van der Waals surface area contributed by atoms with Crippen LogP contribution >= 0.6 is 66.7 Å². The van der Waals surface area contributed by atoms with E-state index < -0.39 is 0 Å². The van der Waals surface area contributed by atoms with Crippen molar-refractivity contribution < 1.29 is 9.90 Å². The smallest absolute Gasteiger partial charge is 0.250 e. The molecule has 150 valence electrons. The zero-order chi connectivity index (χ0) is 20.6. The Balaban J connectivity index is 1.44. The van der Waals surface area contributed by atoms with Crippen molar-refractivity contribution in [1.29, 1.82) is 0 Å². The number of phenols is 1. The lowest BCUT2D eigenvalue weighted by molar-refractivity contribution is -0.118. The van der Waals surface area contributed by atoms with Crippen LogP contribution in [0.4, 0.5) is 0 Å². The van der Waals surface area contributed by atoms with Crippen molar-refractivity contribution in [3.63, 3.8) is 0 Å². The highest BCUT2D eigenvalue weighted by Gasteiger charge is 2.09. The SMILES string of the molecule is O=C(CSc1nnc(SCc2ccccc2)s1)N/N=C/c1cc(Br)cc(Br)c1O. The molecule has 0 radical (unpaired) electrons. The van der Waals surface area contributed by atoms with E-state index in [0.29, 0.717) is 10.0 Å². The van der Waals surface area contributed by atoms with Gasteiger partial charge in [-0.15, -0.1) is 10.2 Å². The van der Waals surface area contributed by atoms with Crippen molar-refractivity contribution in [3.8, 4) is 5.75 Å². The van der Waals surface area contributed by atoms with Crippen LogP contribution in [0.25, 0.3) is 0 Å². The molecule has 2 aromatic carbocycles. The predicted molar refractivity (Wildman–Crippen MR) is 126 cm³/mol. The first kappa shape index (κ1) is 22.3. The summed E-state index contributed by atoms with van der Waals surface area (Å²) in [4.78, 5) is 12.0. The van der Waals surface area contributed by atoms with Gasteiger partial charge in [0.25, 0.3) is 5.91 Å². The van der Waals surface area contributed by atoms with E-state index in [1.807, 2.05) is 18.2 Å². The Kier molecular flexibility index (Phi) is 8.54. The number of aromatic hydroxyl groups is 1. The number of nitrogens with zero attached hydrogens (tertiary/aromatic N) is 3. The van der Waals surface area contributed by atoms with E-state index >= 15 is 0 Å². The highest BCUT2D eigenvalue weighted by atomic mass is 79.9. The van der Waals surface area contributed by atoms with Crippen LogP contribution in [0.3, 0.4) is 0 Å². The number of carbonyl (C=O) groups is 1. The molecule has 29 heavy (non-hydrogen) atoms. The van der Waals surface area contributed by atoms with Gasteiger partial charge in [0.05, 0.1) is 16.4 Å². The Labute approximate surface area is 196 Å². The molecule has 0 aliphatic heterocycles. The molecule has 1 amide bonds. The fraction of sp³-hybridized carbons (Fsp3) is 0.111. The minimum Gasteiger partial charge on any atom is -0.506 e. The van der Waals surface area contributed by atoms with Gasteiger partial charge in [0, 0.05) is 15.8 Å². The zero-order valence-corrected chi connectivity index (χ0v) is 20.3. The van der Waals surface area contributed by atoms with Crippen LogP contribution in [0, 0.1) is 0 Å². The average molecular weight is 574 g/mol. The summed E-state index contributed by atoms with van der Waals surface area (Å²) in [7, 11) is 0. The fourth-order valence-corrected chi connectivity index (χ4v) is 6.08. The van der Waals surface area contributed by atoms with Crippen molar-refractivity contribution in [1.82, 2.24) is 15.6 Å². The summed E-state index contributed by atoms with van der Waals surface area (Å²) in [5, 5.41) is 22.1. The number of nitrogens with one attached hydrogen (secondary N) is 1. The second-order valence-corrected chi connectivity index (χ2v) is 10.7. The van der Waals surface area contributed by atoms with Gasteiger partial charge in [0.15, 0.2) is 8.68 Å². The molecule has 0 saturated heterocycles. The largest absolute Gasteiger partial charge is 0.506 e. The van der Waals surface area contributed by atoms with E-state index in [4.69, 9.17) is 0 Å². The zero-order valence-electron chi connectivity index (χ0n) is 14.7. The molecule has 0 fully saturated rings. The summed E-state index contributed by atoms with van der Waals surface area (Å²) < 4.78 is 2.91. The number of hydrogen-bond donors (Lipinski definition) is 2. The first-order valence-electron chi connectivity index (χ1n) is 8.14. The van der Waals surface area contributed by atoms with Gasteiger partial charge in [-0.3, -0.25) is 4.79 Å². The number of rotatable bonds is 8. The minimum atomic E-state index is -0.270. The molecular weight excluding hydrogens is 560 g/mol. The van der Waals surface area contributed by atoms with Crippen LogP contribution < -0.4 is 5.43 Å². The lowest BCUT2D eigenvalue weighted by Gasteiger charge is -2.03. The molecule has 0 saturated carbocycles. The lowest BCUT2D eigenvalue weighted by Crippen LogP contribution is -2.19. The molecule has 0 spiro atoms. The molecule has 11 heteroatoms. The summed E-state index contributed by atoms with van der Waals surface area (Å²) in [5.41, 5.74) is 4.14. The summed E-state index contributed by atoms with van der Waals surface area (Å²) in [6.45, 7) is 0. The predicted octanol–water partition coefficient (Wildman–Crippen LogP) is 5.30. The van der Waals surface area contributed by atoms with E-state index in [-0.39, 0.29) is 17.4 Å². The van der Waals surface area contributed by atoms with Crippen LogP contribution in [0.15, 0.2) is 65.2 Å². The standard InChI is InChI=1S/C18H14Br2N4O2S3/c19-13-6-12(16(26)14(20)7-13)8-21-22-15(25)10-28-18-24-23-17(29-18)27-9-11-4-2-1-3-5-11/h1-8,26H,9-10H2,(H,22,25)/b21-8+. The van der Waals surface area contributed by atoms with Crippen LogP contribution in [-0.4, -0.2) is 33.2 Å². The molecular formula is C18H14Br2N4O2S3. The monoisotopic (exact) mass is 572 g/mol. The van der Waals surface area contributed by atoms with Crippen LogP contribution in [0.1, 0.15) is 11.1 Å². The molecule has 1 aromatic heterocycles. The number of carbonyl (C=O) groups excluding carboxylic acids is 1. The van der Waals surface area contributed by atoms with Crippen molar-refractivity contribution in [2.45, 2.75) is 14.4 Å². The Morgan fingerprint density at radius 1 is 1.17 bits per heavy atom. The van der Waals surface area contributed by atoms with Gasteiger partial charge >= 0.3 is 0 Å². The average Bonchev–Trinajstić information content (AvgIpc) is 3.17. The number of thioether (sulfide) groups is 2. The number of phenolic OH excluding ortho intramolecular Hbond substituents is 1. The van der Waals surface area contributed by atoms with E-state index in [9.17, 15) is 9.90 Å². The van der Waals surface area contributed by atoms with Crippen LogP contribution in [0.2, 0.25) is 0 Å². The molecule has 0 aliphatic rings. The van der Waals surface area contributed by atoms with Crippen LogP contribution in [0.5, 0.6) is 5.75 Å². The molecule has 0 bridgehead atoms. The summed E-state index contributed by atoms with van der Waals surface area (Å²) in [5.74, 6) is 0.778. The van der Waals surface area contributed by atoms with Gasteiger partial charge in [-0.2, -0.15) is 5.10 Å². The van der Waals surface area contributed by atoms with E-state index in [1.165, 1.54) is 34.9 Å². The van der Waals surface area contributed by atoms with Gasteiger partial charge < -0.3 is 5.11 Å². The Morgan fingerprint density at radius 2 is 1.90 bits per heavy atom. The maximum Gasteiger partial charge on any atom is 0.250 e. The number of hydrogen-bond acceptors (Lipinski definition) is 8. The van der Waals surface area contributed by atoms with E-state index in [1.54, 1.807) is 23.9 Å². The summed E-state index contributed by atoms with van der Waals surface area (Å²) in [6.07, 6.45) is 1.39. The maximum absolute atomic E-state index is 12.0. The van der Waals surface area contributed by atoms with Crippen molar-refractivity contribution in [2.75, 3.05) is 5.75 Å². The highest BCUT2D eigenvalue weighted by molar-refractivity contribution is 9.11. The van der Waals surface area contributed by atoms with Crippen molar-refractivity contribution >= 4 is 78.8 Å². The van der Waals surface area contributed by atoms with Gasteiger partial charge in [0.2, 0.25) is 0 Å². The molecule has 0 aliphatic carbocycles. The molecule has 3 rings (SSSR count).